The monoisotopic (exact) mass is 246 g/mol. The van der Waals surface area contributed by atoms with E-state index in [1.165, 1.54) is 0 Å². The number of rotatable bonds is 7. The Bertz CT molecular complexity index is 208. The summed E-state index contributed by atoms with van der Waals surface area (Å²) < 4.78 is 10.5. The molecule has 0 bridgehead atoms. The number of nitrogens with zero attached hydrogens (tertiary/aromatic N) is 1. The summed E-state index contributed by atoms with van der Waals surface area (Å²) in [5.41, 5.74) is 5.55. The van der Waals surface area contributed by atoms with Crippen LogP contribution in [0.25, 0.3) is 0 Å². The van der Waals surface area contributed by atoms with E-state index in [-0.39, 0.29) is 0 Å². The lowest BCUT2D eigenvalue weighted by Crippen LogP contribution is -2.42. The SMILES string of the molecule is COCCN(CCC(N)=S)C1CCOCC1. The molecule has 1 fully saturated rings. The number of hydrogen-bond donors (Lipinski definition) is 1. The fourth-order valence-corrected chi connectivity index (χ4v) is 2.08. The zero-order valence-corrected chi connectivity index (χ0v) is 10.8. The van der Waals surface area contributed by atoms with Crippen molar-refractivity contribution < 1.29 is 9.47 Å². The highest BCUT2D eigenvalue weighted by Gasteiger charge is 2.20. The molecule has 0 aromatic heterocycles. The van der Waals surface area contributed by atoms with Crippen molar-refractivity contribution >= 4 is 17.2 Å². The van der Waals surface area contributed by atoms with Gasteiger partial charge in [-0.1, -0.05) is 12.2 Å². The number of ether oxygens (including phenoxy) is 2. The first-order valence-corrected chi connectivity index (χ1v) is 6.24. The standard InChI is InChI=1S/C11H22N2O2S/c1-14-9-6-13(5-2-11(12)16)10-3-7-15-8-4-10/h10H,2-9H2,1H3,(H2,12,16). The Hall–Kier alpha value is -0.230. The van der Waals surface area contributed by atoms with Gasteiger partial charge in [-0.3, -0.25) is 4.90 Å². The Kier molecular flexibility index (Phi) is 6.87. The van der Waals surface area contributed by atoms with E-state index >= 15 is 0 Å². The Morgan fingerprint density at radius 1 is 1.44 bits per heavy atom. The van der Waals surface area contributed by atoms with E-state index in [0.29, 0.717) is 11.0 Å². The highest BCUT2D eigenvalue weighted by Crippen LogP contribution is 2.14. The molecule has 1 heterocycles. The van der Waals surface area contributed by atoms with Gasteiger partial charge in [-0.15, -0.1) is 0 Å². The molecule has 2 N–H and O–H groups in total. The summed E-state index contributed by atoms with van der Waals surface area (Å²) in [6.07, 6.45) is 2.98. The summed E-state index contributed by atoms with van der Waals surface area (Å²) in [4.78, 5) is 3.01. The van der Waals surface area contributed by atoms with Crippen LogP contribution >= 0.6 is 12.2 Å². The summed E-state index contributed by atoms with van der Waals surface area (Å²) in [5, 5.41) is 0. The maximum atomic E-state index is 5.55. The van der Waals surface area contributed by atoms with Crippen LogP contribution in [-0.2, 0) is 9.47 Å². The molecule has 1 aliphatic rings. The van der Waals surface area contributed by atoms with Gasteiger partial charge in [0.05, 0.1) is 11.6 Å². The van der Waals surface area contributed by atoms with Gasteiger partial charge in [0.2, 0.25) is 0 Å². The van der Waals surface area contributed by atoms with Crippen molar-refractivity contribution in [3.63, 3.8) is 0 Å². The third-order valence-electron chi connectivity index (χ3n) is 2.94. The molecule has 0 saturated carbocycles. The predicted molar refractivity (Wildman–Crippen MR) is 68.7 cm³/mol. The largest absolute Gasteiger partial charge is 0.393 e. The molecule has 94 valence electrons. The van der Waals surface area contributed by atoms with Gasteiger partial charge in [0.25, 0.3) is 0 Å². The smallest absolute Gasteiger partial charge is 0.0740 e. The van der Waals surface area contributed by atoms with Crippen LogP contribution in [0.3, 0.4) is 0 Å². The van der Waals surface area contributed by atoms with Gasteiger partial charge in [-0.25, -0.2) is 0 Å². The minimum absolute atomic E-state index is 0.592. The Morgan fingerprint density at radius 3 is 2.69 bits per heavy atom. The molecular formula is C11H22N2O2S. The van der Waals surface area contributed by atoms with Crippen molar-refractivity contribution in [1.29, 1.82) is 0 Å². The molecule has 16 heavy (non-hydrogen) atoms. The van der Waals surface area contributed by atoms with Crippen molar-refractivity contribution in [3.8, 4) is 0 Å². The average Bonchev–Trinajstić information content (AvgIpc) is 2.30. The van der Waals surface area contributed by atoms with Crippen LogP contribution in [0.4, 0.5) is 0 Å². The summed E-state index contributed by atoms with van der Waals surface area (Å²) >= 11 is 4.92. The van der Waals surface area contributed by atoms with Gasteiger partial charge in [-0.05, 0) is 12.8 Å². The fourth-order valence-electron chi connectivity index (χ4n) is 1.99. The molecule has 1 rings (SSSR count). The van der Waals surface area contributed by atoms with E-state index in [2.05, 4.69) is 4.90 Å². The quantitative estimate of drug-likeness (QED) is 0.673. The van der Waals surface area contributed by atoms with E-state index in [1.54, 1.807) is 7.11 Å². The molecule has 0 unspecified atom stereocenters. The van der Waals surface area contributed by atoms with Gasteiger partial charge < -0.3 is 15.2 Å². The lowest BCUT2D eigenvalue weighted by molar-refractivity contribution is 0.0257. The topological polar surface area (TPSA) is 47.7 Å². The minimum atomic E-state index is 0.592. The second-order valence-electron chi connectivity index (χ2n) is 4.09. The third kappa shape index (κ3) is 5.21. The normalized spacial score (nSPS) is 17.9. The predicted octanol–water partition coefficient (Wildman–Crippen LogP) is 0.790. The van der Waals surface area contributed by atoms with Crippen molar-refractivity contribution in [1.82, 2.24) is 4.90 Å². The fraction of sp³-hybridized carbons (Fsp3) is 0.909. The van der Waals surface area contributed by atoms with Crippen LogP contribution in [-0.4, -0.2) is 56.0 Å². The summed E-state index contributed by atoms with van der Waals surface area (Å²) in [6.45, 7) is 4.37. The van der Waals surface area contributed by atoms with Crippen LogP contribution in [0.2, 0.25) is 0 Å². The van der Waals surface area contributed by atoms with E-state index in [1.807, 2.05) is 0 Å². The summed E-state index contributed by atoms with van der Waals surface area (Å²) in [5.74, 6) is 0. The molecule has 0 radical (unpaired) electrons. The number of thiocarbonyl (C=S) groups is 1. The lowest BCUT2D eigenvalue weighted by atomic mass is 10.1. The highest BCUT2D eigenvalue weighted by atomic mass is 32.1. The molecule has 1 saturated heterocycles. The summed E-state index contributed by atoms with van der Waals surface area (Å²) in [7, 11) is 1.73. The van der Waals surface area contributed by atoms with Gasteiger partial charge in [-0.2, -0.15) is 0 Å². The first kappa shape index (κ1) is 13.8. The maximum Gasteiger partial charge on any atom is 0.0740 e. The Morgan fingerprint density at radius 2 is 2.12 bits per heavy atom. The highest BCUT2D eigenvalue weighted by molar-refractivity contribution is 7.80. The van der Waals surface area contributed by atoms with E-state index in [0.717, 1.165) is 52.2 Å². The first-order chi connectivity index (χ1) is 7.74. The minimum Gasteiger partial charge on any atom is -0.393 e. The van der Waals surface area contributed by atoms with E-state index in [4.69, 9.17) is 27.4 Å². The van der Waals surface area contributed by atoms with E-state index < -0.39 is 0 Å². The molecule has 5 heteroatoms. The van der Waals surface area contributed by atoms with Crippen molar-refractivity contribution in [3.05, 3.63) is 0 Å². The zero-order chi connectivity index (χ0) is 11.8. The molecule has 0 amide bonds. The second kappa shape index (κ2) is 7.95. The number of nitrogens with two attached hydrogens (primary N) is 1. The summed E-state index contributed by atoms with van der Waals surface area (Å²) in [6, 6.07) is 0.596. The van der Waals surface area contributed by atoms with Gasteiger partial charge in [0.1, 0.15) is 0 Å². The molecule has 0 atom stereocenters. The van der Waals surface area contributed by atoms with Crippen molar-refractivity contribution in [2.75, 3.05) is 40.0 Å². The molecule has 0 spiro atoms. The lowest BCUT2D eigenvalue weighted by Gasteiger charge is -2.34. The van der Waals surface area contributed by atoms with Crippen LogP contribution in [0, 0.1) is 0 Å². The maximum absolute atomic E-state index is 5.55. The molecule has 4 nitrogen and oxygen atoms in total. The Balaban J connectivity index is 2.37. The molecule has 0 aromatic carbocycles. The molecule has 0 aromatic rings. The number of methoxy groups -OCH3 is 1. The zero-order valence-electron chi connectivity index (χ0n) is 9.98. The molecular weight excluding hydrogens is 224 g/mol. The second-order valence-corrected chi connectivity index (χ2v) is 4.61. The first-order valence-electron chi connectivity index (χ1n) is 5.83. The van der Waals surface area contributed by atoms with Gasteiger partial charge in [0, 0.05) is 45.9 Å². The van der Waals surface area contributed by atoms with Gasteiger partial charge >= 0.3 is 0 Å². The van der Waals surface area contributed by atoms with E-state index in [9.17, 15) is 0 Å². The van der Waals surface area contributed by atoms with Crippen LogP contribution < -0.4 is 5.73 Å². The average molecular weight is 246 g/mol. The molecule has 0 aliphatic carbocycles. The third-order valence-corrected chi connectivity index (χ3v) is 3.14. The van der Waals surface area contributed by atoms with Crippen LogP contribution in [0.15, 0.2) is 0 Å². The van der Waals surface area contributed by atoms with Crippen molar-refractivity contribution in [2.24, 2.45) is 5.73 Å². The Labute approximate surface area is 103 Å². The van der Waals surface area contributed by atoms with Crippen LogP contribution in [0.1, 0.15) is 19.3 Å². The van der Waals surface area contributed by atoms with Gasteiger partial charge in [0.15, 0.2) is 0 Å². The van der Waals surface area contributed by atoms with Crippen LogP contribution in [0.5, 0.6) is 0 Å². The molecule has 1 aliphatic heterocycles. The van der Waals surface area contributed by atoms with Crippen molar-refractivity contribution in [2.45, 2.75) is 25.3 Å². The number of hydrogen-bond acceptors (Lipinski definition) is 4.